The highest BCUT2D eigenvalue weighted by Crippen LogP contribution is 2.37. The number of hydrogen-bond donors (Lipinski definition) is 1. The minimum Gasteiger partial charge on any atom is -0.352 e. The van der Waals surface area contributed by atoms with Gasteiger partial charge in [-0.25, -0.2) is 0 Å². The predicted octanol–water partition coefficient (Wildman–Crippen LogP) is 5.71. The number of hydrogen-bond acceptors (Lipinski definition) is 3. The second-order valence-electron chi connectivity index (χ2n) is 9.99. The predicted molar refractivity (Wildman–Crippen MR) is 147 cm³/mol. The molecule has 7 heteroatoms. The third kappa shape index (κ3) is 5.21. The molecule has 0 spiro atoms. The van der Waals surface area contributed by atoms with E-state index in [0.29, 0.717) is 17.0 Å². The van der Waals surface area contributed by atoms with Gasteiger partial charge in [-0.15, -0.1) is 0 Å². The van der Waals surface area contributed by atoms with E-state index in [1.165, 1.54) is 6.42 Å². The van der Waals surface area contributed by atoms with Crippen LogP contribution in [0.3, 0.4) is 0 Å². The molecule has 5 rings (SSSR count). The van der Waals surface area contributed by atoms with Crippen molar-refractivity contribution in [1.82, 2.24) is 10.2 Å². The van der Waals surface area contributed by atoms with Gasteiger partial charge < -0.3 is 10.2 Å². The highest BCUT2D eigenvalue weighted by molar-refractivity contribution is 6.30. The summed E-state index contributed by atoms with van der Waals surface area (Å²) in [5, 5.41) is 5.64. The van der Waals surface area contributed by atoms with Crippen LogP contribution < -0.4 is 10.2 Å². The van der Waals surface area contributed by atoms with Gasteiger partial charge in [-0.2, -0.15) is 0 Å². The van der Waals surface area contributed by atoms with Crippen LogP contribution in [0.4, 0.5) is 5.69 Å². The molecule has 1 aliphatic heterocycles. The molecule has 0 saturated heterocycles. The first-order valence-electron chi connectivity index (χ1n) is 13.1. The lowest BCUT2D eigenvalue weighted by molar-refractivity contribution is -0.140. The molecule has 0 bridgehead atoms. The second-order valence-corrected chi connectivity index (χ2v) is 10.4. The molecule has 192 valence electrons. The zero-order valence-corrected chi connectivity index (χ0v) is 21.8. The molecule has 1 saturated carbocycles. The van der Waals surface area contributed by atoms with Gasteiger partial charge in [0.25, 0.3) is 5.91 Å². The summed E-state index contributed by atoms with van der Waals surface area (Å²) in [7, 11) is 0. The lowest BCUT2D eigenvalue weighted by atomic mass is 9.95. The van der Waals surface area contributed by atoms with Crippen molar-refractivity contribution in [3.8, 4) is 0 Å². The lowest BCUT2D eigenvalue weighted by Crippen LogP contribution is -2.53. The van der Waals surface area contributed by atoms with Crippen LogP contribution in [0, 0.1) is 0 Å². The van der Waals surface area contributed by atoms with Crippen LogP contribution >= 0.6 is 11.6 Å². The van der Waals surface area contributed by atoms with E-state index in [0.717, 1.165) is 47.7 Å². The fourth-order valence-corrected chi connectivity index (χ4v) is 5.74. The van der Waals surface area contributed by atoms with Gasteiger partial charge in [0.15, 0.2) is 0 Å². The molecular weight excluding hydrogens is 486 g/mol. The summed E-state index contributed by atoms with van der Waals surface area (Å²) in [4.78, 5) is 43.9. The Hall–Kier alpha value is -3.38. The molecule has 37 heavy (non-hydrogen) atoms. The van der Waals surface area contributed by atoms with Crippen molar-refractivity contribution in [2.45, 2.75) is 64.1 Å². The Bertz CT molecular complexity index is 1310. The average molecular weight is 518 g/mol. The Kier molecular flexibility index (Phi) is 7.47. The molecule has 1 atom stereocenters. The molecule has 2 aliphatic rings. The Labute approximate surface area is 222 Å². The number of rotatable bonds is 8. The number of anilines is 1. The molecule has 3 aromatic carbocycles. The van der Waals surface area contributed by atoms with Crippen molar-refractivity contribution < 1.29 is 14.4 Å². The van der Waals surface area contributed by atoms with Crippen molar-refractivity contribution in [2.24, 2.45) is 0 Å². The maximum Gasteiger partial charge on any atom is 0.259 e. The van der Waals surface area contributed by atoms with Crippen molar-refractivity contribution in [3.63, 3.8) is 0 Å². The monoisotopic (exact) mass is 517 g/mol. The van der Waals surface area contributed by atoms with E-state index >= 15 is 0 Å². The lowest BCUT2D eigenvalue weighted by Gasteiger charge is -2.33. The highest BCUT2D eigenvalue weighted by Gasteiger charge is 2.35. The smallest absolute Gasteiger partial charge is 0.259 e. The van der Waals surface area contributed by atoms with E-state index in [2.05, 4.69) is 5.32 Å². The van der Waals surface area contributed by atoms with Gasteiger partial charge >= 0.3 is 0 Å². The van der Waals surface area contributed by atoms with Crippen molar-refractivity contribution >= 4 is 45.8 Å². The van der Waals surface area contributed by atoms with E-state index in [4.69, 9.17) is 11.6 Å². The van der Waals surface area contributed by atoms with Crippen LogP contribution in [-0.4, -0.2) is 41.2 Å². The van der Waals surface area contributed by atoms with Crippen LogP contribution in [0.15, 0.2) is 60.7 Å². The van der Waals surface area contributed by atoms with Crippen LogP contribution in [0.5, 0.6) is 0 Å². The fraction of sp³-hybridized carbons (Fsp3) is 0.367. The number of nitrogens with zero attached hydrogens (tertiary/aromatic N) is 2. The summed E-state index contributed by atoms with van der Waals surface area (Å²) in [5.41, 5.74) is 2.21. The molecule has 6 nitrogen and oxygen atoms in total. The fourth-order valence-electron chi connectivity index (χ4n) is 5.61. The van der Waals surface area contributed by atoms with Crippen molar-refractivity contribution in [1.29, 1.82) is 0 Å². The van der Waals surface area contributed by atoms with Crippen molar-refractivity contribution in [3.05, 3.63) is 76.8 Å². The number of benzene rings is 3. The van der Waals surface area contributed by atoms with Gasteiger partial charge in [0.05, 0.1) is 5.69 Å². The maximum atomic E-state index is 13.9. The highest BCUT2D eigenvalue weighted by atomic mass is 35.5. The van der Waals surface area contributed by atoms with E-state index in [1.54, 1.807) is 28.0 Å². The maximum absolute atomic E-state index is 13.9. The minimum absolute atomic E-state index is 0.130. The van der Waals surface area contributed by atoms with Gasteiger partial charge in [-0.1, -0.05) is 74.2 Å². The standard InChI is InChI=1S/C30H32ClN3O3/c1-2-25(29(36)32-23-10-4-3-5-11-23)33(18-20-14-16-22(31)17-15-20)27(35)19-34-26-13-7-9-21-8-6-12-24(28(21)26)30(34)37/h6-9,12-17,23,25H,2-5,10-11,18-19H2,1H3,(H,32,36). The molecule has 1 unspecified atom stereocenters. The normalized spacial score (nSPS) is 16.2. The van der Waals surface area contributed by atoms with E-state index in [9.17, 15) is 14.4 Å². The molecule has 1 N–H and O–H groups in total. The van der Waals surface area contributed by atoms with Crippen LogP contribution in [-0.2, 0) is 16.1 Å². The Morgan fingerprint density at radius 1 is 1.03 bits per heavy atom. The van der Waals surface area contributed by atoms with E-state index in [1.807, 2.05) is 49.4 Å². The Morgan fingerprint density at radius 3 is 2.43 bits per heavy atom. The zero-order chi connectivity index (χ0) is 25.9. The summed E-state index contributed by atoms with van der Waals surface area (Å²) in [6.07, 6.45) is 5.83. The molecule has 3 aromatic rings. The average Bonchev–Trinajstić information content (AvgIpc) is 3.18. The van der Waals surface area contributed by atoms with E-state index in [-0.39, 0.29) is 36.9 Å². The van der Waals surface area contributed by atoms with Gasteiger partial charge in [0, 0.05) is 28.6 Å². The first-order valence-corrected chi connectivity index (χ1v) is 13.5. The first-order chi connectivity index (χ1) is 18.0. The van der Waals surface area contributed by atoms with Gasteiger partial charge in [-0.05, 0) is 54.5 Å². The number of carbonyl (C=O) groups excluding carboxylic acids is 3. The molecular formula is C30H32ClN3O3. The molecule has 1 heterocycles. The van der Waals surface area contributed by atoms with Gasteiger partial charge in [-0.3, -0.25) is 19.3 Å². The summed E-state index contributed by atoms with van der Waals surface area (Å²) in [6.45, 7) is 2.05. The molecule has 3 amide bonds. The minimum atomic E-state index is -0.638. The summed E-state index contributed by atoms with van der Waals surface area (Å²) >= 11 is 6.08. The summed E-state index contributed by atoms with van der Waals surface area (Å²) < 4.78 is 0. The molecule has 1 fully saturated rings. The Morgan fingerprint density at radius 2 is 1.73 bits per heavy atom. The number of amides is 3. The summed E-state index contributed by atoms with van der Waals surface area (Å²) in [6, 6.07) is 18.2. The number of carbonyl (C=O) groups is 3. The quantitative estimate of drug-likeness (QED) is 0.416. The molecule has 0 radical (unpaired) electrons. The van der Waals surface area contributed by atoms with Gasteiger partial charge in [0.2, 0.25) is 11.8 Å². The second kappa shape index (κ2) is 10.9. The van der Waals surface area contributed by atoms with E-state index < -0.39 is 6.04 Å². The zero-order valence-electron chi connectivity index (χ0n) is 21.1. The van der Waals surface area contributed by atoms with Crippen LogP contribution in [0.25, 0.3) is 10.8 Å². The third-order valence-electron chi connectivity index (χ3n) is 7.55. The first kappa shape index (κ1) is 25.3. The number of nitrogens with one attached hydrogen (secondary N) is 1. The van der Waals surface area contributed by atoms with Crippen LogP contribution in [0.2, 0.25) is 5.02 Å². The Balaban J connectivity index is 1.42. The molecule has 0 aromatic heterocycles. The van der Waals surface area contributed by atoms with Crippen LogP contribution in [0.1, 0.15) is 61.4 Å². The number of halogens is 1. The van der Waals surface area contributed by atoms with Crippen molar-refractivity contribution in [2.75, 3.05) is 11.4 Å². The van der Waals surface area contributed by atoms with Gasteiger partial charge in [0.1, 0.15) is 12.6 Å². The largest absolute Gasteiger partial charge is 0.352 e. The molecule has 1 aliphatic carbocycles. The topological polar surface area (TPSA) is 69.7 Å². The summed E-state index contributed by atoms with van der Waals surface area (Å²) in [5.74, 6) is -0.583. The third-order valence-corrected chi connectivity index (χ3v) is 7.80. The SMILES string of the molecule is CCC(C(=O)NC1CCCCC1)N(Cc1ccc(Cl)cc1)C(=O)CN1C(=O)c2cccc3cccc1c23.